The van der Waals surface area contributed by atoms with E-state index in [1.807, 2.05) is 30.3 Å². The molecule has 1 rings (SSSR count). The largest absolute Gasteiger partial charge is 0.365 e. The van der Waals surface area contributed by atoms with Crippen LogP contribution in [0, 0.1) is 11.3 Å². The predicted octanol–water partition coefficient (Wildman–Crippen LogP) is 2.20. The molecule has 4 heteroatoms. The van der Waals surface area contributed by atoms with Crippen LogP contribution in [0.5, 0.6) is 0 Å². The molecule has 0 atom stereocenters. The number of primary amides is 1. The van der Waals surface area contributed by atoms with Crippen LogP contribution in [0.3, 0.4) is 0 Å². The van der Waals surface area contributed by atoms with E-state index in [0.29, 0.717) is 5.03 Å². The fourth-order valence-corrected chi connectivity index (χ4v) is 1.21. The van der Waals surface area contributed by atoms with E-state index in [4.69, 9.17) is 22.6 Å². The summed E-state index contributed by atoms with van der Waals surface area (Å²) < 4.78 is 0. The second kappa shape index (κ2) is 5.74. The van der Waals surface area contributed by atoms with Crippen LogP contribution >= 0.6 is 11.6 Å². The molecule has 0 aliphatic carbocycles. The average Bonchev–Trinajstić information content (AvgIpc) is 2.30. The van der Waals surface area contributed by atoms with E-state index in [1.165, 1.54) is 12.2 Å². The van der Waals surface area contributed by atoms with Crippen molar-refractivity contribution in [2.45, 2.75) is 0 Å². The summed E-state index contributed by atoms with van der Waals surface area (Å²) in [5.74, 6) is -0.767. The van der Waals surface area contributed by atoms with Gasteiger partial charge in [-0.25, -0.2) is 0 Å². The first-order valence-corrected chi connectivity index (χ1v) is 4.85. The Bertz CT molecular complexity index is 483. The molecule has 0 spiro atoms. The molecule has 1 aromatic rings. The Morgan fingerprint density at radius 1 is 1.31 bits per heavy atom. The second-order valence-corrected chi connectivity index (χ2v) is 3.34. The summed E-state index contributed by atoms with van der Waals surface area (Å²) in [6.45, 7) is 0. The summed E-state index contributed by atoms with van der Waals surface area (Å²) >= 11 is 5.97. The quantitative estimate of drug-likeness (QED) is 0.493. The number of benzene rings is 1. The Balaban J connectivity index is 2.95. The lowest BCUT2D eigenvalue weighted by Crippen LogP contribution is -2.12. The number of carbonyl (C=O) groups excluding carboxylic acids is 1. The van der Waals surface area contributed by atoms with Gasteiger partial charge in [-0.2, -0.15) is 5.26 Å². The number of rotatable bonds is 3. The maximum absolute atomic E-state index is 10.7. The summed E-state index contributed by atoms with van der Waals surface area (Å²) in [4.78, 5) is 10.7. The Labute approximate surface area is 98.4 Å². The zero-order chi connectivity index (χ0) is 12.0. The van der Waals surface area contributed by atoms with Gasteiger partial charge in [-0.15, -0.1) is 0 Å². The molecule has 0 heterocycles. The maximum atomic E-state index is 10.7. The fourth-order valence-electron chi connectivity index (χ4n) is 1.02. The summed E-state index contributed by atoms with van der Waals surface area (Å²) in [5, 5.41) is 9.03. The zero-order valence-electron chi connectivity index (χ0n) is 8.35. The number of hydrogen-bond donors (Lipinski definition) is 1. The fraction of sp³-hybridized carbons (Fsp3) is 0. The Hall–Kier alpha value is -2.05. The van der Waals surface area contributed by atoms with E-state index >= 15 is 0 Å². The van der Waals surface area contributed by atoms with Gasteiger partial charge in [0.15, 0.2) is 0 Å². The van der Waals surface area contributed by atoms with Gasteiger partial charge in [0, 0.05) is 5.03 Å². The van der Waals surface area contributed by atoms with Crippen LogP contribution in [0.4, 0.5) is 0 Å². The molecule has 0 saturated carbocycles. The third-order valence-corrected chi connectivity index (χ3v) is 2.18. The van der Waals surface area contributed by atoms with Crippen LogP contribution in [-0.2, 0) is 4.79 Å². The summed E-state index contributed by atoms with van der Waals surface area (Å²) in [7, 11) is 0. The van der Waals surface area contributed by atoms with Gasteiger partial charge in [0.05, 0.1) is 0 Å². The van der Waals surface area contributed by atoms with Crippen molar-refractivity contribution in [3.05, 3.63) is 53.6 Å². The molecule has 80 valence electrons. The molecule has 2 N–H and O–H groups in total. The number of amides is 1. The second-order valence-electron chi connectivity index (χ2n) is 2.94. The molecule has 0 fully saturated rings. The van der Waals surface area contributed by atoms with Crippen molar-refractivity contribution in [3.63, 3.8) is 0 Å². The van der Waals surface area contributed by atoms with Gasteiger partial charge in [-0.1, -0.05) is 41.9 Å². The lowest BCUT2D eigenvalue weighted by Gasteiger charge is -1.96. The van der Waals surface area contributed by atoms with E-state index in [0.717, 1.165) is 5.56 Å². The van der Waals surface area contributed by atoms with E-state index in [-0.39, 0.29) is 5.57 Å². The number of allylic oxidation sites excluding steroid dienone is 2. The molecule has 3 nitrogen and oxygen atoms in total. The average molecular weight is 233 g/mol. The van der Waals surface area contributed by atoms with Gasteiger partial charge in [-0.05, 0) is 17.7 Å². The number of carbonyl (C=O) groups is 1. The molecular weight excluding hydrogens is 224 g/mol. The monoisotopic (exact) mass is 232 g/mol. The third-order valence-electron chi connectivity index (χ3n) is 1.83. The predicted molar refractivity (Wildman–Crippen MR) is 63.2 cm³/mol. The lowest BCUT2D eigenvalue weighted by atomic mass is 10.2. The molecule has 0 aliphatic heterocycles. The lowest BCUT2D eigenvalue weighted by molar-refractivity contribution is -0.114. The number of nitriles is 1. The van der Waals surface area contributed by atoms with Crippen molar-refractivity contribution in [1.29, 1.82) is 5.26 Å². The van der Waals surface area contributed by atoms with Crippen molar-refractivity contribution in [2.75, 3.05) is 0 Å². The zero-order valence-corrected chi connectivity index (χ0v) is 9.11. The smallest absolute Gasteiger partial charge is 0.259 e. The minimum Gasteiger partial charge on any atom is -0.365 e. The third kappa shape index (κ3) is 3.26. The van der Waals surface area contributed by atoms with Crippen LogP contribution in [0.2, 0.25) is 0 Å². The highest BCUT2D eigenvalue weighted by Crippen LogP contribution is 2.18. The van der Waals surface area contributed by atoms with Crippen LogP contribution in [0.1, 0.15) is 5.56 Å². The van der Waals surface area contributed by atoms with Crippen molar-refractivity contribution in [2.24, 2.45) is 5.73 Å². The van der Waals surface area contributed by atoms with Crippen molar-refractivity contribution in [1.82, 2.24) is 0 Å². The highest BCUT2D eigenvalue weighted by Gasteiger charge is 2.01. The number of nitrogens with two attached hydrogens (primary N) is 1. The van der Waals surface area contributed by atoms with Crippen LogP contribution in [0.15, 0.2) is 48.1 Å². The Kier molecular flexibility index (Phi) is 4.31. The van der Waals surface area contributed by atoms with Crippen LogP contribution < -0.4 is 5.73 Å². The van der Waals surface area contributed by atoms with Gasteiger partial charge in [-0.3, -0.25) is 4.79 Å². The maximum Gasteiger partial charge on any atom is 0.259 e. The molecule has 0 aliphatic rings. The molecule has 0 bridgehead atoms. The van der Waals surface area contributed by atoms with Crippen molar-refractivity contribution in [3.8, 4) is 6.07 Å². The SMILES string of the molecule is N#C/C(=C\C=C(\Cl)c1ccccc1)C(N)=O. The van der Waals surface area contributed by atoms with E-state index in [9.17, 15) is 4.79 Å². The summed E-state index contributed by atoms with van der Waals surface area (Å²) in [6.07, 6.45) is 2.78. The standard InChI is InChI=1S/C12H9ClN2O/c13-11(9-4-2-1-3-5-9)7-6-10(8-14)12(15)16/h1-7H,(H2,15,16)/b10-6+,11-7+. The van der Waals surface area contributed by atoms with Gasteiger partial charge in [0.25, 0.3) is 5.91 Å². The highest BCUT2D eigenvalue weighted by atomic mass is 35.5. The summed E-state index contributed by atoms with van der Waals surface area (Å²) in [5.41, 5.74) is 5.65. The molecule has 0 radical (unpaired) electrons. The summed E-state index contributed by atoms with van der Waals surface area (Å²) in [6, 6.07) is 10.9. The molecule has 1 aromatic carbocycles. The van der Waals surface area contributed by atoms with Gasteiger partial charge >= 0.3 is 0 Å². The van der Waals surface area contributed by atoms with Gasteiger partial charge in [0.2, 0.25) is 0 Å². The van der Waals surface area contributed by atoms with Gasteiger partial charge in [0.1, 0.15) is 11.6 Å². The molecule has 16 heavy (non-hydrogen) atoms. The topological polar surface area (TPSA) is 66.9 Å². The first-order chi connectivity index (χ1) is 7.65. The van der Waals surface area contributed by atoms with Crippen molar-refractivity contribution >= 4 is 22.5 Å². The molecule has 1 amide bonds. The molecule has 0 aromatic heterocycles. The highest BCUT2D eigenvalue weighted by molar-refractivity contribution is 6.48. The van der Waals surface area contributed by atoms with E-state index < -0.39 is 5.91 Å². The van der Waals surface area contributed by atoms with E-state index in [2.05, 4.69) is 0 Å². The molecule has 0 unspecified atom stereocenters. The molecular formula is C12H9ClN2O. The van der Waals surface area contributed by atoms with Gasteiger partial charge < -0.3 is 5.73 Å². The minimum absolute atomic E-state index is 0.130. The Morgan fingerprint density at radius 3 is 2.44 bits per heavy atom. The number of hydrogen-bond acceptors (Lipinski definition) is 2. The number of halogens is 1. The molecule has 0 saturated heterocycles. The minimum atomic E-state index is -0.767. The number of nitrogens with zero attached hydrogens (tertiary/aromatic N) is 1. The Morgan fingerprint density at radius 2 is 1.94 bits per heavy atom. The normalized spacial score (nSPS) is 12.0. The van der Waals surface area contributed by atoms with Crippen LogP contribution in [-0.4, -0.2) is 5.91 Å². The first-order valence-electron chi connectivity index (χ1n) is 4.48. The van der Waals surface area contributed by atoms with Crippen LogP contribution in [0.25, 0.3) is 5.03 Å². The van der Waals surface area contributed by atoms with E-state index in [1.54, 1.807) is 6.07 Å². The van der Waals surface area contributed by atoms with Crippen molar-refractivity contribution < 1.29 is 4.79 Å². The first kappa shape index (κ1) is 12.0.